The van der Waals surface area contributed by atoms with Gasteiger partial charge in [0.2, 0.25) is 0 Å². The maximum atomic E-state index is 12.9. The molecule has 0 saturated carbocycles. The first-order valence-electron chi connectivity index (χ1n) is 12.0. The third kappa shape index (κ3) is 5.42. The van der Waals surface area contributed by atoms with Crippen molar-refractivity contribution in [3.63, 3.8) is 0 Å². The predicted molar refractivity (Wildman–Crippen MR) is 141 cm³/mol. The molecule has 3 aromatic rings. The number of hydrogen-bond donors (Lipinski definition) is 2. The van der Waals surface area contributed by atoms with E-state index in [0.29, 0.717) is 5.82 Å². The number of allylic oxidation sites excluding steroid dienone is 1. The molecule has 0 bridgehead atoms. The molecule has 1 unspecified atom stereocenters. The van der Waals surface area contributed by atoms with Crippen molar-refractivity contribution in [3.8, 4) is 5.00 Å². The first-order chi connectivity index (χ1) is 17.1. The van der Waals surface area contributed by atoms with Crippen molar-refractivity contribution in [2.75, 3.05) is 0 Å². The van der Waals surface area contributed by atoms with E-state index in [-0.39, 0.29) is 12.4 Å². The Bertz CT molecular complexity index is 1310. The second-order valence-corrected chi connectivity index (χ2v) is 11.2. The average Bonchev–Trinajstić information content (AvgIpc) is 3.28. The maximum Gasteiger partial charge on any atom is 0.308 e. The minimum Gasteiger partial charge on any atom is -0.460 e. The van der Waals surface area contributed by atoms with E-state index < -0.39 is 11.6 Å². The molecule has 3 heterocycles. The van der Waals surface area contributed by atoms with E-state index in [1.54, 1.807) is 11.3 Å². The summed E-state index contributed by atoms with van der Waals surface area (Å²) < 4.78 is 7.67. The van der Waals surface area contributed by atoms with Gasteiger partial charge in [0, 0.05) is 22.2 Å². The fraction of sp³-hybridized carbons (Fsp3) is 0.407. The summed E-state index contributed by atoms with van der Waals surface area (Å²) in [6.45, 7) is 11.7. The summed E-state index contributed by atoms with van der Waals surface area (Å²) in [5, 5.41) is 18.5. The van der Waals surface area contributed by atoms with Crippen LogP contribution >= 0.6 is 11.3 Å². The Labute approximate surface area is 215 Å². The molecule has 0 aliphatic carbocycles. The van der Waals surface area contributed by atoms with Crippen LogP contribution in [0.15, 0.2) is 41.5 Å². The van der Waals surface area contributed by atoms with Gasteiger partial charge in [-0.15, -0.1) is 21.5 Å². The fourth-order valence-electron chi connectivity index (χ4n) is 4.28. The Balaban J connectivity index is 1.78. The number of ether oxygens (including phenoxy) is 1. The van der Waals surface area contributed by atoms with Gasteiger partial charge in [-0.1, -0.05) is 30.3 Å². The summed E-state index contributed by atoms with van der Waals surface area (Å²) in [5.74, 6) is 1.09. The Kier molecular flexibility index (Phi) is 7.42. The highest BCUT2D eigenvalue weighted by atomic mass is 32.1. The van der Waals surface area contributed by atoms with Crippen LogP contribution < -0.4 is 5.48 Å². The van der Waals surface area contributed by atoms with Crippen molar-refractivity contribution in [2.45, 2.75) is 72.4 Å². The minimum atomic E-state index is -0.581. The molecule has 36 heavy (non-hydrogen) atoms. The Morgan fingerprint density at radius 2 is 1.92 bits per heavy atom. The van der Waals surface area contributed by atoms with Gasteiger partial charge in [-0.3, -0.25) is 25.0 Å². The van der Waals surface area contributed by atoms with Gasteiger partial charge in [0.15, 0.2) is 5.82 Å². The quantitative estimate of drug-likeness (QED) is 0.332. The summed E-state index contributed by atoms with van der Waals surface area (Å²) in [4.78, 5) is 19.2. The lowest BCUT2D eigenvalue weighted by Crippen LogP contribution is -2.25. The fourth-order valence-corrected chi connectivity index (χ4v) is 5.50. The van der Waals surface area contributed by atoms with Gasteiger partial charge in [0.25, 0.3) is 0 Å². The highest BCUT2D eigenvalue weighted by molar-refractivity contribution is 7.15. The Morgan fingerprint density at radius 3 is 2.58 bits per heavy atom. The molecule has 0 fully saturated rings. The van der Waals surface area contributed by atoms with Crippen molar-refractivity contribution in [1.29, 1.82) is 0 Å². The van der Waals surface area contributed by atoms with Gasteiger partial charge in [-0.2, -0.15) is 0 Å². The van der Waals surface area contributed by atoms with Crippen molar-refractivity contribution in [3.05, 3.63) is 75.3 Å². The van der Waals surface area contributed by atoms with Crippen LogP contribution in [0, 0.1) is 20.8 Å². The van der Waals surface area contributed by atoms with Crippen molar-refractivity contribution in [1.82, 2.24) is 20.2 Å². The topological polar surface area (TPSA) is 102 Å². The summed E-state index contributed by atoms with van der Waals surface area (Å²) in [6.07, 6.45) is 5.14. The van der Waals surface area contributed by atoms with E-state index in [1.165, 1.54) is 16.6 Å². The first-order valence-corrected chi connectivity index (χ1v) is 12.9. The van der Waals surface area contributed by atoms with Crippen LogP contribution in [0.3, 0.4) is 0 Å². The van der Waals surface area contributed by atoms with E-state index in [0.717, 1.165) is 46.1 Å². The third-order valence-corrected chi connectivity index (χ3v) is 7.23. The molecular weight excluding hydrogens is 474 g/mol. The number of aliphatic imine (C=N–C) groups is 1. The number of rotatable bonds is 7. The van der Waals surface area contributed by atoms with E-state index in [9.17, 15) is 4.79 Å². The van der Waals surface area contributed by atoms with Crippen LogP contribution in [-0.2, 0) is 16.0 Å². The van der Waals surface area contributed by atoms with Crippen LogP contribution in [0.1, 0.15) is 78.4 Å². The zero-order valence-corrected chi connectivity index (χ0v) is 22.4. The number of hydroxylamine groups is 1. The number of aryl methyl sites for hydroxylation is 3. The number of esters is 1. The van der Waals surface area contributed by atoms with Gasteiger partial charge >= 0.3 is 5.97 Å². The van der Waals surface area contributed by atoms with Crippen LogP contribution in [-0.4, -0.2) is 37.3 Å². The molecule has 190 valence electrons. The molecular formula is C27H33N5O3S. The zero-order valence-electron chi connectivity index (χ0n) is 21.6. The average molecular weight is 508 g/mol. The molecule has 0 amide bonds. The molecule has 2 N–H and O–H groups in total. The number of benzene rings is 1. The van der Waals surface area contributed by atoms with Crippen LogP contribution in [0.4, 0.5) is 0 Å². The number of hydrogen-bond acceptors (Lipinski definition) is 8. The van der Waals surface area contributed by atoms with Crippen LogP contribution in [0.5, 0.6) is 0 Å². The molecule has 0 radical (unpaired) electrons. The normalized spacial score (nSPS) is 15.3. The maximum absolute atomic E-state index is 12.9. The number of nitrogens with one attached hydrogen (secondary N) is 1. The summed E-state index contributed by atoms with van der Waals surface area (Å²) in [5.41, 5.74) is 6.69. The second kappa shape index (κ2) is 10.4. The zero-order chi connectivity index (χ0) is 26.0. The van der Waals surface area contributed by atoms with Gasteiger partial charge in [0.1, 0.15) is 22.5 Å². The number of thiophene rings is 1. The van der Waals surface area contributed by atoms with Crippen molar-refractivity contribution >= 4 is 23.0 Å². The lowest BCUT2D eigenvalue weighted by atomic mass is 9.98. The number of carbonyl (C=O) groups is 1. The molecule has 0 saturated heterocycles. The summed E-state index contributed by atoms with van der Waals surface area (Å²) in [7, 11) is 0. The smallest absolute Gasteiger partial charge is 0.308 e. The van der Waals surface area contributed by atoms with Crippen molar-refractivity contribution < 1.29 is 14.7 Å². The SMILES string of the molecule is Cc1sc2c(c1C)C(c1ccc(CCC=CNO)cc1)=NC(CC(=O)OC(C)(C)C)c1nnc(C)n1-2. The highest BCUT2D eigenvalue weighted by Crippen LogP contribution is 2.39. The number of carbonyl (C=O) groups excluding carboxylic acids is 1. The molecule has 1 atom stereocenters. The monoisotopic (exact) mass is 507 g/mol. The third-order valence-electron chi connectivity index (χ3n) is 6.04. The van der Waals surface area contributed by atoms with E-state index >= 15 is 0 Å². The van der Waals surface area contributed by atoms with Crippen molar-refractivity contribution in [2.24, 2.45) is 4.99 Å². The van der Waals surface area contributed by atoms with Crippen LogP contribution in [0.25, 0.3) is 5.00 Å². The lowest BCUT2D eigenvalue weighted by molar-refractivity contribution is -0.155. The molecule has 1 aliphatic rings. The van der Waals surface area contributed by atoms with Gasteiger partial charge < -0.3 is 4.74 Å². The first kappa shape index (κ1) is 25.8. The van der Waals surface area contributed by atoms with E-state index in [2.05, 4.69) is 48.3 Å². The standard InChI is InChI=1S/C27H33N5O3S/c1-16-17(2)36-26-23(16)24(20-12-10-19(11-13-20)9-7-8-14-28-34)29-21(15-22(33)35-27(4,5)6)25-31-30-18(3)32(25)26/h8,10-14,21,28,34H,7,9,15H2,1-6H3. The Hall–Kier alpha value is -3.30. The van der Waals surface area contributed by atoms with Gasteiger partial charge in [-0.25, -0.2) is 0 Å². The van der Waals surface area contributed by atoms with Crippen LogP contribution in [0.2, 0.25) is 0 Å². The molecule has 8 nitrogen and oxygen atoms in total. The number of nitrogens with zero attached hydrogens (tertiary/aromatic N) is 4. The largest absolute Gasteiger partial charge is 0.460 e. The summed E-state index contributed by atoms with van der Waals surface area (Å²) >= 11 is 1.69. The number of aromatic nitrogens is 3. The minimum absolute atomic E-state index is 0.0786. The Morgan fingerprint density at radius 1 is 1.19 bits per heavy atom. The molecule has 4 rings (SSSR count). The second-order valence-electron chi connectivity index (χ2n) is 9.96. The molecule has 2 aromatic heterocycles. The molecule has 1 aliphatic heterocycles. The summed E-state index contributed by atoms with van der Waals surface area (Å²) in [6, 6.07) is 7.85. The lowest BCUT2D eigenvalue weighted by Gasteiger charge is -2.21. The molecule has 9 heteroatoms. The van der Waals surface area contributed by atoms with Gasteiger partial charge in [-0.05, 0) is 65.5 Å². The van der Waals surface area contributed by atoms with E-state index in [1.807, 2.05) is 43.8 Å². The predicted octanol–water partition coefficient (Wildman–Crippen LogP) is 5.30. The number of fused-ring (bicyclic) bond motifs is 3. The molecule has 0 spiro atoms. The van der Waals surface area contributed by atoms with Gasteiger partial charge in [0.05, 0.1) is 12.1 Å². The highest BCUT2D eigenvalue weighted by Gasteiger charge is 2.33. The molecule has 1 aromatic carbocycles. The van der Waals surface area contributed by atoms with E-state index in [4.69, 9.17) is 14.9 Å².